The number of nitrogen functional groups attached to an aromatic ring is 1. The van der Waals surface area contributed by atoms with E-state index >= 15 is 0 Å². The second-order valence-electron chi connectivity index (χ2n) is 4.55. The van der Waals surface area contributed by atoms with Crippen LogP contribution in [0.15, 0.2) is 18.6 Å². The Morgan fingerprint density at radius 1 is 1.47 bits per heavy atom. The average Bonchev–Trinajstić information content (AvgIpc) is 2.82. The summed E-state index contributed by atoms with van der Waals surface area (Å²) < 4.78 is 1.75. The topological polar surface area (TPSA) is 123 Å². The number of nitrogens with zero attached hydrogens (tertiary/aromatic N) is 3. The highest BCUT2D eigenvalue weighted by Crippen LogP contribution is 2.18. The molecule has 2 aromatic rings. The molecule has 0 fully saturated rings. The highest BCUT2D eigenvalue weighted by Gasteiger charge is 2.21. The van der Waals surface area contributed by atoms with E-state index in [2.05, 4.69) is 20.7 Å². The minimum absolute atomic E-state index is 0.0313. The van der Waals surface area contributed by atoms with Gasteiger partial charge in [0.1, 0.15) is 6.04 Å². The summed E-state index contributed by atoms with van der Waals surface area (Å²) in [5.74, 6) is 5.87. The van der Waals surface area contributed by atoms with Crippen molar-refractivity contribution in [3.63, 3.8) is 0 Å². The number of hydrogen-bond donors (Lipinski definition) is 4. The Bertz CT molecular complexity index is 592. The lowest BCUT2D eigenvalue weighted by Crippen LogP contribution is -2.40. The maximum absolute atomic E-state index is 11.4. The van der Waals surface area contributed by atoms with Crippen molar-refractivity contribution in [2.24, 2.45) is 17.5 Å². The van der Waals surface area contributed by atoms with Gasteiger partial charge < -0.3 is 20.9 Å². The molecule has 0 spiro atoms. The molecule has 8 nitrogen and oxygen atoms in total. The van der Waals surface area contributed by atoms with Crippen molar-refractivity contribution in [3.8, 4) is 0 Å². The Hall–Kier alpha value is -2.35. The van der Waals surface area contributed by atoms with E-state index in [1.54, 1.807) is 23.0 Å². The molecule has 102 valence electrons. The highest BCUT2D eigenvalue weighted by atomic mass is 16.1. The van der Waals surface area contributed by atoms with Gasteiger partial charge in [-0.05, 0) is 5.92 Å². The number of carbonyl (C=O) groups excluding carboxylic acids is 1. The van der Waals surface area contributed by atoms with Crippen molar-refractivity contribution in [1.29, 1.82) is 0 Å². The molecule has 1 atom stereocenters. The van der Waals surface area contributed by atoms with Crippen LogP contribution in [0.25, 0.3) is 5.65 Å². The van der Waals surface area contributed by atoms with Gasteiger partial charge in [0.15, 0.2) is 17.3 Å². The lowest BCUT2D eigenvalue weighted by Gasteiger charge is -2.20. The molecule has 0 bridgehead atoms. The van der Waals surface area contributed by atoms with E-state index in [0.29, 0.717) is 17.3 Å². The maximum Gasteiger partial charge on any atom is 0.240 e. The molecule has 0 saturated carbocycles. The van der Waals surface area contributed by atoms with Crippen LogP contribution >= 0.6 is 0 Å². The van der Waals surface area contributed by atoms with Crippen molar-refractivity contribution < 1.29 is 4.79 Å². The van der Waals surface area contributed by atoms with Gasteiger partial charge >= 0.3 is 0 Å². The first kappa shape index (κ1) is 13.1. The summed E-state index contributed by atoms with van der Waals surface area (Å²) in [4.78, 5) is 19.9. The van der Waals surface area contributed by atoms with Crippen LogP contribution in [0, 0.1) is 5.92 Å². The third-order valence-corrected chi connectivity index (χ3v) is 2.79. The number of rotatable bonds is 5. The molecule has 19 heavy (non-hydrogen) atoms. The zero-order valence-corrected chi connectivity index (χ0v) is 10.8. The van der Waals surface area contributed by atoms with Crippen LogP contribution in [0.4, 0.5) is 11.6 Å². The van der Waals surface area contributed by atoms with E-state index in [1.807, 2.05) is 13.8 Å². The maximum atomic E-state index is 11.4. The van der Waals surface area contributed by atoms with Gasteiger partial charge in [-0.1, -0.05) is 13.8 Å². The van der Waals surface area contributed by atoms with Gasteiger partial charge in [0.25, 0.3) is 0 Å². The van der Waals surface area contributed by atoms with E-state index < -0.39 is 11.9 Å². The van der Waals surface area contributed by atoms with Gasteiger partial charge in [-0.15, -0.1) is 0 Å². The second-order valence-corrected chi connectivity index (χ2v) is 4.55. The highest BCUT2D eigenvalue weighted by molar-refractivity contribution is 5.84. The first-order chi connectivity index (χ1) is 9.02. The van der Waals surface area contributed by atoms with Crippen molar-refractivity contribution >= 4 is 23.2 Å². The first-order valence-corrected chi connectivity index (χ1v) is 5.89. The number of fused-ring (bicyclic) bond motifs is 1. The molecule has 8 heteroatoms. The SMILES string of the molecule is CC(C)C(Nc1nc(NN)cn2ccnc12)C(N)=O. The Morgan fingerprint density at radius 2 is 2.21 bits per heavy atom. The van der Waals surface area contributed by atoms with Crippen LogP contribution in [0.2, 0.25) is 0 Å². The van der Waals surface area contributed by atoms with Gasteiger partial charge in [0, 0.05) is 12.4 Å². The second kappa shape index (κ2) is 5.11. The number of aromatic nitrogens is 3. The molecule has 1 unspecified atom stereocenters. The smallest absolute Gasteiger partial charge is 0.240 e. The molecule has 0 saturated heterocycles. The quantitative estimate of drug-likeness (QED) is 0.442. The van der Waals surface area contributed by atoms with Crippen molar-refractivity contribution in [3.05, 3.63) is 18.6 Å². The molecule has 0 aliphatic heterocycles. The van der Waals surface area contributed by atoms with Crippen molar-refractivity contribution in [2.75, 3.05) is 10.7 Å². The number of primary amides is 1. The lowest BCUT2D eigenvalue weighted by molar-refractivity contribution is -0.119. The molecular weight excluding hydrogens is 246 g/mol. The van der Waals surface area contributed by atoms with E-state index in [-0.39, 0.29) is 5.92 Å². The van der Waals surface area contributed by atoms with Gasteiger partial charge in [-0.25, -0.2) is 15.8 Å². The van der Waals surface area contributed by atoms with Crippen molar-refractivity contribution in [2.45, 2.75) is 19.9 Å². The summed E-state index contributed by atoms with van der Waals surface area (Å²) in [6, 6.07) is -0.527. The van der Waals surface area contributed by atoms with Crippen LogP contribution in [0.1, 0.15) is 13.8 Å². The normalized spacial score (nSPS) is 12.6. The molecule has 2 heterocycles. The van der Waals surface area contributed by atoms with E-state index in [0.717, 1.165) is 0 Å². The van der Waals surface area contributed by atoms with Crippen LogP contribution in [-0.4, -0.2) is 26.3 Å². The number of imidazole rings is 1. The largest absolute Gasteiger partial charge is 0.368 e. The van der Waals surface area contributed by atoms with E-state index in [9.17, 15) is 4.79 Å². The molecular formula is C11H17N7O. The molecule has 0 aromatic carbocycles. The van der Waals surface area contributed by atoms with Crippen LogP contribution in [0.3, 0.4) is 0 Å². The summed E-state index contributed by atoms with van der Waals surface area (Å²) >= 11 is 0. The lowest BCUT2D eigenvalue weighted by atomic mass is 10.0. The fraction of sp³-hybridized carbons (Fsp3) is 0.364. The van der Waals surface area contributed by atoms with Crippen LogP contribution in [-0.2, 0) is 4.79 Å². The third kappa shape index (κ3) is 2.58. The van der Waals surface area contributed by atoms with E-state index in [1.165, 1.54) is 0 Å². The fourth-order valence-corrected chi connectivity index (χ4v) is 1.81. The number of nitrogens with one attached hydrogen (secondary N) is 2. The number of hydrazine groups is 1. The zero-order valence-electron chi connectivity index (χ0n) is 10.8. The predicted octanol–water partition coefficient (Wildman–Crippen LogP) is -0.0633. The molecule has 2 rings (SSSR count). The summed E-state index contributed by atoms with van der Waals surface area (Å²) in [7, 11) is 0. The molecule has 0 radical (unpaired) electrons. The standard InChI is InChI=1S/C11H17N7O/c1-6(2)8(9(12)19)16-10-11-14-3-4-18(11)5-7(15-10)17-13/h3-6,8,17H,13H2,1-2H3,(H2,12,19)(H,15,16). The fourth-order valence-electron chi connectivity index (χ4n) is 1.81. The van der Waals surface area contributed by atoms with Crippen LogP contribution < -0.4 is 22.3 Å². The minimum atomic E-state index is -0.527. The van der Waals surface area contributed by atoms with Gasteiger partial charge in [0.2, 0.25) is 5.91 Å². The van der Waals surface area contributed by atoms with Crippen LogP contribution in [0.5, 0.6) is 0 Å². The summed E-state index contributed by atoms with van der Waals surface area (Å²) in [6.45, 7) is 3.80. The molecule has 2 aromatic heterocycles. The third-order valence-electron chi connectivity index (χ3n) is 2.79. The number of carbonyl (C=O) groups is 1. The molecule has 1 amide bonds. The predicted molar refractivity (Wildman–Crippen MR) is 72.2 cm³/mol. The van der Waals surface area contributed by atoms with E-state index in [4.69, 9.17) is 11.6 Å². The Balaban J connectivity index is 2.43. The number of nitrogens with two attached hydrogens (primary N) is 2. The molecule has 6 N–H and O–H groups in total. The number of amides is 1. The summed E-state index contributed by atoms with van der Waals surface area (Å²) in [6.07, 6.45) is 5.09. The summed E-state index contributed by atoms with van der Waals surface area (Å²) in [5, 5.41) is 3.02. The Morgan fingerprint density at radius 3 is 2.79 bits per heavy atom. The Labute approximate surface area is 110 Å². The summed E-state index contributed by atoms with van der Waals surface area (Å²) in [5.41, 5.74) is 8.45. The average molecular weight is 263 g/mol. The van der Waals surface area contributed by atoms with Gasteiger partial charge in [0.05, 0.1) is 6.20 Å². The van der Waals surface area contributed by atoms with Crippen molar-refractivity contribution in [1.82, 2.24) is 14.4 Å². The first-order valence-electron chi connectivity index (χ1n) is 5.89. The van der Waals surface area contributed by atoms with Gasteiger partial charge in [-0.2, -0.15) is 0 Å². The monoisotopic (exact) mass is 263 g/mol. The number of hydrogen-bond acceptors (Lipinski definition) is 6. The zero-order chi connectivity index (χ0) is 14.0. The number of anilines is 2. The molecule has 0 aliphatic rings. The minimum Gasteiger partial charge on any atom is -0.368 e. The van der Waals surface area contributed by atoms with Gasteiger partial charge in [-0.3, -0.25) is 4.79 Å². The Kier molecular flexibility index (Phi) is 3.52. The molecule has 0 aliphatic carbocycles.